The molecule has 0 spiro atoms. The molecule has 3 aromatic rings. The maximum absolute atomic E-state index is 5.92. The van der Waals surface area contributed by atoms with Gasteiger partial charge in [0, 0.05) is 11.5 Å². The first-order chi connectivity index (χ1) is 10.2. The van der Waals surface area contributed by atoms with Crippen molar-refractivity contribution >= 4 is 11.0 Å². The molecule has 0 aliphatic rings. The fraction of sp³-hybridized carbons (Fsp3) is 0.200. The highest BCUT2D eigenvalue weighted by molar-refractivity contribution is 5.81. The Hall–Kier alpha value is -2.44. The van der Waals surface area contributed by atoms with Gasteiger partial charge in [-0.25, -0.2) is 5.43 Å². The number of aromatic nitrogens is 2. The molecule has 0 aliphatic carbocycles. The number of hydrazine groups is 1. The third-order valence-corrected chi connectivity index (χ3v) is 3.38. The first-order valence-electron chi connectivity index (χ1n) is 6.55. The topological polar surface area (TPSA) is 86.2 Å². The summed E-state index contributed by atoms with van der Waals surface area (Å²) >= 11 is 0. The minimum atomic E-state index is -0.366. The van der Waals surface area contributed by atoms with E-state index in [1.807, 2.05) is 31.2 Å². The van der Waals surface area contributed by atoms with Gasteiger partial charge in [-0.1, -0.05) is 18.2 Å². The van der Waals surface area contributed by atoms with Crippen LogP contribution in [-0.2, 0) is 0 Å². The number of benzene rings is 1. The lowest BCUT2D eigenvalue weighted by atomic mass is 10.1. The maximum Gasteiger partial charge on any atom is 0.233 e. The lowest BCUT2D eigenvalue weighted by Gasteiger charge is -2.12. The number of methoxy groups -OCH3 is 1. The minimum absolute atomic E-state index is 0.366. The lowest BCUT2D eigenvalue weighted by Crippen LogP contribution is -2.29. The van der Waals surface area contributed by atoms with Gasteiger partial charge in [-0.15, -0.1) is 10.2 Å². The Labute approximate surface area is 121 Å². The summed E-state index contributed by atoms with van der Waals surface area (Å²) in [6.07, 6.45) is 0. The van der Waals surface area contributed by atoms with Crippen LogP contribution in [0, 0.1) is 6.92 Å². The first-order valence-corrected chi connectivity index (χ1v) is 6.55. The second kappa shape index (κ2) is 5.51. The Morgan fingerprint density at radius 1 is 1.24 bits per heavy atom. The fourth-order valence-electron chi connectivity index (χ4n) is 2.28. The van der Waals surface area contributed by atoms with Crippen LogP contribution in [0.1, 0.15) is 23.1 Å². The Bertz CT molecular complexity index is 752. The van der Waals surface area contributed by atoms with E-state index in [0.717, 1.165) is 16.5 Å². The highest BCUT2D eigenvalue weighted by Crippen LogP contribution is 2.28. The smallest absolute Gasteiger partial charge is 0.233 e. The van der Waals surface area contributed by atoms with E-state index in [4.69, 9.17) is 15.0 Å². The van der Waals surface area contributed by atoms with Gasteiger partial charge in [0.15, 0.2) is 0 Å². The van der Waals surface area contributed by atoms with E-state index >= 15 is 0 Å². The van der Waals surface area contributed by atoms with Crippen molar-refractivity contribution in [2.75, 3.05) is 7.11 Å². The van der Waals surface area contributed by atoms with E-state index in [9.17, 15) is 0 Å². The third kappa shape index (κ3) is 2.46. The predicted molar refractivity (Wildman–Crippen MR) is 78.7 cm³/mol. The molecule has 0 bridgehead atoms. The van der Waals surface area contributed by atoms with Crippen LogP contribution in [0.25, 0.3) is 11.0 Å². The zero-order valence-corrected chi connectivity index (χ0v) is 11.8. The van der Waals surface area contributed by atoms with E-state index in [1.54, 1.807) is 19.2 Å². The number of nitrogens with two attached hydrogens (primary N) is 1. The number of nitrogens with one attached hydrogen (secondary N) is 1. The van der Waals surface area contributed by atoms with E-state index < -0.39 is 0 Å². The van der Waals surface area contributed by atoms with Gasteiger partial charge in [-0.05, 0) is 24.6 Å². The van der Waals surface area contributed by atoms with Crippen LogP contribution >= 0.6 is 0 Å². The summed E-state index contributed by atoms with van der Waals surface area (Å²) in [5.41, 5.74) is 5.31. The van der Waals surface area contributed by atoms with Crippen LogP contribution in [0.5, 0.6) is 5.88 Å². The van der Waals surface area contributed by atoms with Gasteiger partial charge in [0.25, 0.3) is 0 Å². The average molecular weight is 284 g/mol. The van der Waals surface area contributed by atoms with Crippen LogP contribution < -0.4 is 16.0 Å². The molecule has 1 unspecified atom stereocenters. The normalized spacial score (nSPS) is 12.5. The van der Waals surface area contributed by atoms with Gasteiger partial charge in [-0.2, -0.15) is 0 Å². The van der Waals surface area contributed by atoms with Crippen molar-refractivity contribution in [1.29, 1.82) is 0 Å². The summed E-state index contributed by atoms with van der Waals surface area (Å²) in [5.74, 6) is 6.81. The standard InChI is InChI=1S/C15H16N4O2/c1-9-4-3-5-10-8-12(21-15(9)10)14(17-16)11-6-7-13(20-2)19-18-11/h3-8,14,17H,16H2,1-2H3. The lowest BCUT2D eigenvalue weighted by molar-refractivity contribution is 0.388. The van der Waals surface area contributed by atoms with Crippen molar-refractivity contribution in [2.24, 2.45) is 5.84 Å². The molecule has 6 nitrogen and oxygen atoms in total. The fourth-order valence-corrected chi connectivity index (χ4v) is 2.28. The van der Waals surface area contributed by atoms with Gasteiger partial charge in [0.1, 0.15) is 17.4 Å². The number of aryl methyl sites for hydroxylation is 1. The van der Waals surface area contributed by atoms with E-state index in [-0.39, 0.29) is 6.04 Å². The van der Waals surface area contributed by atoms with Crippen LogP contribution in [0.3, 0.4) is 0 Å². The molecule has 0 radical (unpaired) electrons. The van der Waals surface area contributed by atoms with Crippen molar-refractivity contribution in [3.63, 3.8) is 0 Å². The molecular weight excluding hydrogens is 268 g/mol. The molecular formula is C15H16N4O2. The summed E-state index contributed by atoms with van der Waals surface area (Å²) in [6, 6.07) is 11.1. The molecule has 108 valence electrons. The minimum Gasteiger partial charge on any atom is -0.480 e. The zero-order chi connectivity index (χ0) is 14.8. The second-order valence-electron chi connectivity index (χ2n) is 4.74. The number of rotatable bonds is 4. The molecule has 2 aromatic heterocycles. The van der Waals surface area contributed by atoms with Crippen LogP contribution in [0.15, 0.2) is 40.8 Å². The first kappa shape index (κ1) is 13.5. The monoisotopic (exact) mass is 284 g/mol. The molecule has 2 heterocycles. The number of nitrogens with zero attached hydrogens (tertiary/aromatic N) is 2. The molecule has 6 heteroatoms. The Morgan fingerprint density at radius 2 is 2.10 bits per heavy atom. The molecule has 21 heavy (non-hydrogen) atoms. The summed E-state index contributed by atoms with van der Waals surface area (Å²) in [7, 11) is 1.55. The van der Waals surface area contributed by atoms with Crippen molar-refractivity contribution in [3.8, 4) is 5.88 Å². The van der Waals surface area contributed by atoms with Crippen molar-refractivity contribution < 1.29 is 9.15 Å². The van der Waals surface area contributed by atoms with Crippen LogP contribution in [-0.4, -0.2) is 17.3 Å². The maximum atomic E-state index is 5.92. The molecule has 1 atom stereocenters. The molecule has 0 saturated carbocycles. The molecule has 3 rings (SSSR count). The SMILES string of the molecule is COc1ccc(C(NN)c2cc3cccc(C)c3o2)nn1. The number of hydrogen-bond donors (Lipinski definition) is 2. The van der Waals surface area contributed by atoms with Gasteiger partial charge in [0.05, 0.1) is 12.8 Å². The Kier molecular flexibility index (Phi) is 3.55. The molecule has 1 aromatic carbocycles. The summed E-state index contributed by atoms with van der Waals surface area (Å²) in [5, 5.41) is 9.10. The number of para-hydroxylation sites is 1. The largest absolute Gasteiger partial charge is 0.480 e. The number of ether oxygens (including phenoxy) is 1. The zero-order valence-electron chi connectivity index (χ0n) is 11.8. The van der Waals surface area contributed by atoms with E-state index in [0.29, 0.717) is 17.3 Å². The van der Waals surface area contributed by atoms with Gasteiger partial charge >= 0.3 is 0 Å². The highest BCUT2D eigenvalue weighted by atomic mass is 16.5. The molecule has 3 N–H and O–H groups in total. The highest BCUT2D eigenvalue weighted by Gasteiger charge is 2.19. The quantitative estimate of drug-likeness (QED) is 0.563. The molecule has 0 aliphatic heterocycles. The van der Waals surface area contributed by atoms with Crippen molar-refractivity contribution in [2.45, 2.75) is 13.0 Å². The average Bonchev–Trinajstić information content (AvgIpc) is 2.94. The van der Waals surface area contributed by atoms with Crippen molar-refractivity contribution in [3.05, 3.63) is 53.4 Å². The summed E-state index contributed by atoms with van der Waals surface area (Å²) < 4.78 is 10.9. The Balaban J connectivity index is 2.02. The summed E-state index contributed by atoms with van der Waals surface area (Å²) in [4.78, 5) is 0. The van der Waals surface area contributed by atoms with Crippen molar-refractivity contribution in [1.82, 2.24) is 15.6 Å². The van der Waals surface area contributed by atoms with Crippen LogP contribution in [0.2, 0.25) is 0 Å². The van der Waals surface area contributed by atoms with Gasteiger partial charge in [-0.3, -0.25) is 5.84 Å². The van der Waals surface area contributed by atoms with Crippen LogP contribution in [0.4, 0.5) is 0 Å². The number of hydrogen-bond acceptors (Lipinski definition) is 6. The van der Waals surface area contributed by atoms with Gasteiger partial charge in [0.2, 0.25) is 5.88 Å². The number of fused-ring (bicyclic) bond motifs is 1. The third-order valence-electron chi connectivity index (χ3n) is 3.38. The number of furan rings is 1. The Morgan fingerprint density at radius 3 is 2.71 bits per heavy atom. The van der Waals surface area contributed by atoms with E-state index in [2.05, 4.69) is 15.6 Å². The molecule has 0 amide bonds. The molecule has 0 fully saturated rings. The van der Waals surface area contributed by atoms with Gasteiger partial charge < -0.3 is 9.15 Å². The predicted octanol–water partition coefficient (Wildman–Crippen LogP) is 2.09. The second-order valence-corrected chi connectivity index (χ2v) is 4.74. The summed E-state index contributed by atoms with van der Waals surface area (Å²) in [6.45, 7) is 2.01. The molecule has 0 saturated heterocycles. The van der Waals surface area contributed by atoms with E-state index in [1.165, 1.54) is 0 Å².